The van der Waals surface area contributed by atoms with Crippen molar-refractivity contribution >= 4 is 38.9 Å². The smallest absolute Gasteiger partial charge is 0.406 e. The number of amides is 1. The molecule has 7 nitrogen and oxygen atoms in total. The Labute approximate surface area is 208 Å². The number of hydrogen-bond donors (Lipinski definition) is 1. The van der Waals surface area contributed by atoms with E-state index in [-0.39, 0.29) is 23.0 Å². The van der Waals surface area contributed by atoms with Gasteiger partial charge in [0, 0.05) is 12.7 Å². The molecule has 1 amide bonds. The van der Waals surface area contributed by atoms with Gasteiger partial charge >= 0.3 is 6.36 Å². The summed E-state index contributed by atoms with van der Waals surface area (Å²) in [6.45, 7) is 0.287. The topological polar surface area (TPSA) is 88.6 Å². The molecule has 1 saturated heterocycles. The Hall–Kier alpha value is -2.67. The molecule has 0 bridgehead atoms. The number of pyridine rings is 1. The molecule has 1 atom stereocenters. The zero-order valence-electron chi connectivity index (χ0n) is 18.0. The minimum atomic E-state index is -4.77. The van der Waals surface area contributed by atoms with Crippen LogP contribution in [0.5, 0.6) is 5.75 Å². The number of hydrogen-bond acceptors (Lipinski definition) is 6. The van der Waals surface area contributed by atoms with Crippen molar-refractivity contribution in [1.82, 2.24) is 14.6 Å². The molecular formula is C22H19ClF3N3O4S2. The molecule has 0 radical (unpaired) electrons. The second kappa shape index (κ2) is 10.1. The Morgan fingerprint density at radius 1 is 1.17 bits per heavy atom. The molecule has 1 N–H and O–H groups in total. The fourth-order valence-electron chi connectivity index (χ4n) is 3.74. The van der Waals surface area contributed by atoms with Gasteiger partial charge in [0.25, 0.3) is 10.0 Å². The summed E-state index contributed by atoms with van der Waals surface area (Å²) in [7, 11) is -3.84. The molecule has 3 aromatic rings. The number of ether oxygens (including phenoxy) is 1. The summed E-state index contributed by atoms with van der Waals surface area (Å²) in [5, 5.41) is 2.74. The van der Waals surface area contributed by atoms with E-state index in [1.807, 2.05) is 0 Å². The minimum Gasteiger partial charge on any atom is -0.406 e. The van der Waals surface area contributed by atoms with Crippen LogP contribution in [0.25, 0.3) is 11.1 Å². The van der Waals surface area contributed by atoms with Gasteiger partial charge in [0.2, 0.25) is 5.91 Å². The van der Waals surface area contributed by atoms with E-state index in [1.54, 1.807) is 12.1 Å². The van der Waals surface area contributed by atoms with Crippen molar-refractivity contribution in [2.24, 2.45) is 0 Å². The summed E-state index contributed by atoms with van der Waals surface area (Å²) in [6.07, 6.45) is -2.30. The molecule has 0 aliphatic carbocycles. The van der Waals surface area contributed by atoms with Gasteiger partial charge in [-0.3, -0.25) is 9.78 Å². The van der Waals surface area contributed by atoms with Gasteiger partial charge in [0.1, 0.15) is 16.0 Å². The number of nitrogens with zero attached hydrogens (tertiary/aromatic N) is 2. The van der Waals surface area contributed by atoms with Crippen molar-refractivity contribution < 1.29 is 31.1 Å². The zero-order valence-corrected chi connectivity index (χ0v) is 20.3. The van der Waals surface area contributed by atoms with Gasteiger partial charge in [0.05, 0.1) is 16.6 Å². The summed E-state index contributed by atoms with van der Waals surface area (Å²) in [5.41, 5.74) is 1.82. The molecule has 1 aliphatic rings. The zero-order chi connectivity index (χ0) is 25.2. The Kier molecular flexibility index (Phi) is 7.36. The largest absolute Gasteiger partial charge is 0.573 e. The van der Waals surface area contributed by atoms with Gasteiger partial charge in [-0.25, -0.2) is 8.42 Å². The molecule has 3 heterocycles. The van der Waals surface area contributed by atoms with Crippen molar-refractivity contribution in [1.29, 1.82) is 0 Å². The predicted molar refractivity (Wildman–Crippen MR) is 124 cm³/mol. The molecule has 186 valence electrons. The van der Waals surface area contributed by atoms with E-state index in [4.69, 9.17) is 11.6 Å². The first-order valence-corrected chi connectivity index (χ1v) is 13.0. The lowest BCUT2D eigenvalue weighted by atomic mass is 10.1. The molecular weight excluding hydrogens is 527 g/mol. The Bertz CT molecular complexity index is 1310. The first-order chi connectivity index (χ1) is 16.5. The van der Waals surface area contributed by atoms with Crippen molar-refractivity contribution in [3.05, 3.63) is 64.8 Å². The fourth-order valence-corrected chi connectivity index (χ4v) is 7.01. The van der Waals surface area contributed by atoms with E-state index >= 15 is 0 Å². The summed E-state index contributed by atoms with van der Waals surface area (Å²) >= 11 is 6.82. The highest BCUT2D eigenvalue weighted by molar-refractivity contribution is 7.91. The highest BCUT2D eigenvalue weighted by atomic mass is 35.5. The molecule has 1 aliphatic heterocycles. The van der Waals surface area contributed by atoms with E-state index in [0.717, 1.165) is 11.3 Å². The normalized spacial score (nSPS) is 16.9. The fraction of sp³-hybridized carbons (Fsp3) is 0.273. The van der Waals surface area contributed by atoms with Crippen LogP contribution in [0.15, 0.2) is 58.9 Å². The number of aromatic nitrogens is 1. The third-order valence-corrected chi connectivity index (χ3v) is 8.91. The number of thiophene rings is 1. The van der Waals surface area contributed by atoms with Gasteiger partial charge in [-0.1, -0.05) is 23.7 Å². The third-order valence-electron chi connectivity index (χ3n) is 5.30. The second-order valence-electron chi connectivity index (χ2n) is 7.66. The van der Waals surface area contributed by atoms with Crippen LogP contribution in [0.2, 0.25) is 4.34 Å². The highest BCUT2D eigenvalue weighted by Crippen LogP contribution is 2.32. The number of halogens is 4. The van der Waals surface area contributed by atoms with Crippen LogP contribution < -0.4 is 10.1 Å². The molecule has 13 heteroatoms. The van der Waals surface area contributed by atoms with Crippen molar-refractivity contribution in [2.75, 3.05) is 6.54 Å². The maximum absolute atomic E-state index is 13.0. The molecule has 35 heavy (non-hydrogen) atoms. The standard InChI is InChI=1S/C22H19ClF3N3O4S2/c23-19-7-8-20(34-19)35(31,32)29-11-1-2-18(29)21(30)28-13-16-12-15(9-10-27-16)14-3-5-17(6-4-14)33-22(24,25)26/h3-10,12,18H,1-2,11,13H2,(H,28,30). The van der Waals surface area contributed by atoms with E-state index in [0.29, 0.717) is 34.0 Å². The lowest BCUT2D eigenvalue weighted by Crippen LogP contribution is -2.45. The van der Waals surface area contributed by atoms with Crippen LogP contribution in [0.4, 0.5) is 13.2 Å². The molecule has 4 rings (SSSR count). The van der Waals surface area contributed by atoms with Crippen molar-refractivity contribution in [3.63, 3.8) is 0 Å². The highest BCUT2D eigenvalue weighted by Gasteiger charge is 2.40. The maximum Gasteiger partial charge on any atom is 0.573 e. The Balaban J connectivity index is 1.42. The van der Waals surface area contributed by atoms with Crippen LogP contribution >= 0.6 is 22.9 Å². The van der Waals surface area contributed by atoms with E-state index in [9.17, 15) is 26.4 Å². The number of alkyl halides is 3. The summed E-state index contributed by atoms with van der Waals surface area (Å²) < 4.78 is 68.5. The first kappa shape index (κ1) is 25.4. The molecule has 0 saturated carbocycles. The van der Waals surface area contributed by atoms with Gasteiger partial charge < -0.3 is 10.1 Å². The molecule has 0 spiro atoms. The average Bonchev–Trinajstić information content (AvgIpc) is 3.47. The number of sulfonamides is 1. The van der Waals surface area contributed by atoms with Crippen LogP contribution in [-0.4, -0.2) is 42.6 Å². The van der Waals surface area contributed by atoms with Gasteiger partial charge in [-0.15, -0.1) is 24.5 Å². The molecule has 1 fully saturated rings. The molecule has 1 unspecified atom stereocenters. The summed E-state index contributed by atoms with van der Waals surface area (Å²) in [4.78, 5) is 17.1. The SMILES string of the molecule is O=C(NCc1cc(-c2ccc(OC(F)(F)F)cc2)ccn1)C1CCCN1S(=O)(=O)c1ccc(Cl)s1. The minimum absolute atomic E-state index is 0.0527. The van der Waals surface area contributed by atoms with Gasteiger partial charge in [-0.2, -0.15) is 4.31 Å². The number of nitrogens with one attached hydrogen (secondary N) is 1. The van der Waals surface area contributed by atoms with Crippen LogP contribution in [-0.2, 0) is 21.4 Å². The van der Waals surface area contributed by atoms with Crippen LogP contribution in [0.3, 0.4) is 0 Å². The lowest BCUT2D eigenvalue weighted by molar-refractivity contribution is -0.274. The van der Waals surface area contributed by atoms with Crippen LogP contribution in [0.1, 0.15) is 18.5 Å². The van der Waals surface area contributed by atoms with E-state index in [2.05, 4.69) is 15.0 Å². The van der Waals surface area contributed by atoms with E-state index in [1.165, 1.54) is 46.9 Å². The number of carbonyl (C=O) groups excluding carboxylic acids is 1. The number of rotatable bonds is 7. The average molecular weight is 546 g/mol. The maximum atomic E-state index is 13.0. The monoisotopic (exact) mass is 545 g/mol. The summed E-state index contributed by atoms with van der Waals surface area (Å²) in [5.74, 6) is -0.765. The van der Waals surface area contributed by atoms with E-state index < -0.39 is 28.3 Å². The van der Waals surface area contributed by atoms with Crippen LogP contribution in [0, 0.1) is 0 Å². The Morgan fingerprint density at radius 2 is 1.91 bits per heavy atom. The lowest BCUT2D eigenvalue weighted by Gasteiger charge is -2.22. The van der Waals surface area contributed by atoms with Crippen molar-refractivity contribution in [2.45, 2.75) is 36.0 Å². The number of carbonyl (C=O) groups is 1. The summed E-state index contributed by atoms with van der Waals surface area (Å²) in [6, 6.07) is 10.8. The second-order valence-corrected chi connectivity index (χ2v) is 11.5. The van der Waals surface area contributed by atoms with Gasteiger partial charge in [-0.05, 0) is 60.4 Å². The first-order valence-electron chi connectivity index (χ1n) is 10.4. The predicted octanol–water partition coefficient (Wildman–Crippen LogP) is 4.83. The molecule has 1 aromatic carbocycles. The van der Waals surface area contributed by atoms with Gasteiger partial charge in [0.15, 0.2) is 0 Å². The Morgan fingerprint density at radius 3 is 2.57 bits per heavy atom. The molecule has 2 aromatic heterocycles. The van der Waals surface area contributed by atoms with Crippen molar-refractivity contribution in [3.8, 4) is 16.9 Å². The number of benzene rings is 1. The third kappa shape index (κ3) is 6.13. The quantitative estimate of drug-likeness (QED) is 0.459.